The van der Waals surface area contributed by atoms with E-state index in [0.717, 1.165) is 25.2 Å². The minimum absolute atomic E-state index is 0.0412. The van der Waals surface area contributed by atoms with Gasteiger partial charge >= 0.3 is 0 Å². The van der Waals surface area contributed by atoms with E-state index in [4.69, 9.17) is 4.74 Å². The number of hydrogen-bond donors (Lipinski definition) is 1. The third-order valence-corrected chi connectivity index (χ3v) is 7.47. The molecule has 0 spiro atoms. The zero-order valence-corrected chi connectivity index (χ0v) is 18.1. The number of aryl methyl sites for hydroxylation is 1. The molecule has 1 N–H and O–H groups in total. The number of carbonyl (C=O) groups excluding carboxylic acids is 1. The van der Waals surface area contributed by atoms with Gasteiger partial charge < -0.3 is 15.0 Å². The molecule has 1 unspecified atom stereocenters. The molecule has 162 valence electrons. The van der Waals surface area contributed by atoms with Crippen molar-refractivity contribution in [2.75, 3.05) is 45.9 Å². The number of ether oxygens (including phenoxy) is 1. The number of benzene rings is 1. The number of sulfonamides is 1. The van der Waals surface area contributed by atoms with Crippen LogP contribution < -0.4 is 5.32 Å². The summed E-state index contributed by atoms with van der Waals surface area (Å²) in [5.41, 5.74) is 0.963. The van der Waals surface area contributed by atoms with Gasteiger partial charge in [-0.15, -0.1) is 0 Å². The molecule has 0 saturated carbocycles. The van der Waals surface area contributed by atoms with Crippen LogP contribution in [0.5, 0.6) is 0 Å². The minimum atomic E-state index is -3.47. The molecule has 1 amide bonds. The van der Waals surface area contributed by atoms with Crippen molar-refractivity contribution in [3.63, 3.8) is 0 Å². The predicted molar refractivity (Wildman–Crippen MR) is 112 cm³/mol. The topological polar surface area (TPSA) is 79.0 Å². The Hall–Kier alpha value is -1.48. The fourth-order valence-corrected chi connectivity index (χ4v) is 5.35. The number of carbonyl (C=O) groups is 1. The first-order chi connectivity index (χ1) is 13.9. The molecule has 29 heavy (non-hydrogen) atoms. The number of rotatable bonds is 8. The maximum Gasteiger partial charge on any atom is 0.243 e. The molecule has 2 aliphatic rings. The summed E-state index contributed by atoms with van der Waals surface area (Å²) in [5, 5.41) is 3.08. The van der Waals surface area contributed by atoms with Gasteiger partial charge in [-0.3, -0.25) is 4.79 Å². The molecule has 2 saturated heterocycles. The molecule has 0 aromatic heterocycles. The Morgan fingerprint density at radius 2 is 1.72 bits per heavy atom. The normalized spacial score (nSPS) is 20.3. The van der Waals surface area contributed by atoms with Gasteiger partial charge in [0.25, 0.3) is 0 Å². The van der Waals surface area contributed by atoms with Crippen molar-refractivity contribution in [3.8, 4) is 0 Å². The van der Waals surface area contributed by atoms with E-state index in [-0.39, 0.29) is 11.9 Å². The molecule has 3 rings (SSSR count). The average molecular weight is 424 g/mol. The second-order valence-electron chi connectivity index (χ2n) is 7.99. The number of hydrogen-bond acceptors (Lipinski definition) is 5. The van der Waals surface area contributed by atoms with Crippen LogP contribution in [-0.4, -0.2) is 75.5 Å². The Morgan fingerprint density at radius 1 is 1.07 bits per heavy atom. The van der Waals surface area contributed by atoms with E-state index in [0.29, 0.717) is 44.0 Å². The van der Waals surface area contributed by atoms with Crippen molar-refractivity contribution in [2.24, 2.45) is 0 Å². The third kappa shape index (κ3) is 6.50. The lowest BCUT2D eigenvalue weighted by molar-refractivity contribution is -0.121. The van der Waals surface area contributed by atoms with Gasteiger partial charge in [-0.25, -0.2) is 8.42 Å². The fraction of sp³-hybridized carbons (Fsp3) is 0.667. The summed E-state index contributed by atoms with van der Waals surface area (Å²) in [7, 11) is -3.47. The van der Waals surface area contributed by atoms with Crippen molar-refractivity contribution < 1.29 is 17.9 Å². The monoisotopic (exact) mass is 423 g/mol. The molecule has 1 atom stereocenters. The standard InChI is InChI=1S/C21H33N3O4S/c1-18(17-23-11-3-2-4-12-23)22-21(25)10-7-19-5-8-20(9-6-19)29(26,27)24-13-15-28-16-14-24/h5-6,8-9,18H,2-4,7,10-17H2,1H3,(H,22,25). The lowest BCUT2D eigenvalue weighted by Crippen LogP contribution is -2.43. The molecule has 1 aromatic carbocycles. The van der Waals surface area contributed by atoms with Gasteiger partial charge in [0, 0.05) is 32.1 Å². The van der Waals surface area contributed by atoms with Gasteiger partial charge in [0.05, 0.1) is 18.1 Å². The number of nitrogens with one attached hydrogen (secondary N) is 1. The highest BCUT2D eigenvalue weighted by atomic mass is 32.2. The highest BCUT2D eigenvalue weighted by Crippen LogP contribution is 2.18. The Balaban J connectivity index is 1.45. The van der Waals surface area contributed by atoms with Crippen LogP contribution in [-0.2, 0) is 26.0 Å². The fourth-order valence-electron chi connectivity index (χ4n) is 3.94. The molecule has 8 heteroatoms. The summed E-state index contributed by atoms with van der Waals surface area (Å²) in [6.45, 7) is 6.85. The maximum atomic E-state index is 12.7. The van der Waals surface area contributed by atoms with Crippen molar-refractivity contribution in [2.45, 2.75) is 50.0 Å². The Morgan fingerprint density at radius 3 is 2.38 bits per heavy atom. The number of morpholine rings is 1. The molecular weight excluding hydrogens is 390 g/mol. The summed E-state index contributed by atoms with van der Waals surface area (Å²) in [4.78, 5) is 15.0. The zero-order chi connectivity index (χ0) is 20.7. The number of likely N-dealkylation sites (tertiary alicyclic amines) is 1. The lowest BCUT2D eigenvalue weighted by atomic mass is 10.1. The quantitative estimate of drug-likeness (QED) is 0.688. The number of piperidine rings is 1. The van der Waals surface area contributed by atoms with Crippen LogP contribution in [0.25, 0.3) is 0 Å². The highest BCUT2D eigenvalue weighted by Gasteiger charge is 2.26. The van der Waals surface area contributed by atoms with Gasteiger partial charge in [0.15, 0.2) is 0 Å². The Kier molecular flexibility index (Phi) is 8.06. The van der Waals surface area contributed by atoms with Crippen LogP contribution in [0.4, 0.5) is 0 Å². The van der Waals surface area contributed by atoms with Crippen molar-refractivity contribution >= 4 is 15.9 Å². The lowest BCUT2D eigenvalue weighted by Gasteiger charge is -2.29. The molecule has 0 aliphatic carbocycles. The molecule has 7 nitrogen and oxygen atoms in total. The first-order valence-electron chi connectivity index (χ1n) is 10.6. The molecule has 2 aliphatic heterocycles. The summed E-state index contributed by atoms with van der Waals surface area (Å²) < 4.78 is 32.0. The van der Waals surface area contributed by atoms with E-state index in [2.05, 4.69) is 17.1 Å². The van der Waals surface area contributed by atoms with Crippen LogP contribution in [0.2, 0.25) is 0 Å². The Labute approximate surface area is 174 Å². The smallest absolute Gasteiger partial charge is 0.243 e. The van der Waals surface area contributed by atoms with Crippen molar-refractivity contribution in [3.05, 3.63) is 29.8 Å². The predicted octanol–water partition coefficient (Wildman–Crippen LogP) is 1.63. The summed E-state index contributed by atoms with van der Waals surface area (Å²) in [6.07, 6.45) is 4.81. The van der Waals surface area contributed by atoms with E-state index in [1.165, 1.54) is 23.6 Å². The average Bonchev–Trinajstić information content (AvgIpc) is 2.74. The van der Waals surface area contributed by atoms with Gasteiger partial charge in [-0.2, -0.15) is 4.31 Å². The van der Waals surface area contributed by atoms with Crippen LogP contribution in [0.15, 0.2) is 29.2 Å². The first-order valence-corrected chi connectivity index (χ1v) is 12.1. The van der Waals surface area contributed by atoms with Crippen molar-refractivity contribution in [1.82, 2.24) is 14.5 Å². The molecule has 0 radical (unpaired) electrons. The second kappa shape index (κ2) is 10.5. The van der Waals surface area contributed by atoms with Crippen LogP contribution in [0.3, 0.4) is 0 Å². The number of amides is 1. The van der Waals surface area contributed by atoms with Crippen molar-refractivity contribution in [1.29, 1.82) is 0 Å². The van der Waals surface area contributed by atoms with E-state index in [1.807, 2.05) is 0 Å². The van der Waals surface area contributed by atoms with E-state index < -0.39 is 10.0 Å². The van der Waals surface area contributed by atoms with E-state index in [1.54, 1.807) is 24.3 Å². The maximum absolute atomic E-state index is 12.7. The third-order valence-electron chi connectivity index (χ3n) is 5.56. The summed E-state index contributed by atoms with van der Waals surface area (Å²) in [5.74, 6) is 0.0412. The van der Waals surface area contributed by atoms with Crippen LogP contribution in [0.1, 0.15) is 38.2 Å². The zero-order valence-electron chi connectivity index (χ0n) is 17.3. The van der Waals surface area contributed by atoms with Crippen LogP contribution in [0, 0.1) is 0 Å². The van der Waals surface area contributed by atoms with Gasteiger partial charge in [-0.1, -0.05) is 18.6 Å². The minimum Gasteiger partial charge on any atom is -0.379 e. The number of nitrogens with zero attached hydrogens (tertiary/aromatic N) is 2. The first kappa shape index (κ1) is 22.2. The SMILES string of the molecule is CC(CN1CCCCC1)NC(=O)CCc1ccc(S(=O)(=O)N2CCOCC2)cc1. The Bertz CT molecular complexity index is 755. The highest BCUT2D eigenvalue weighted by molar-refractivity contribution is 7.89. The molecule has 0 bridgehead atoms. The summed E-state index contributed by atoms with van der Waals surface area (Å²) in [6, 6.07) is 7.02. The van der Waals surface area contributed by atoms with E-state index in [9.17, 15) is 13.2 Å². The molecular formula is C21H33N3O4S. The molecule has 1 aromatic rings. The largest absolute Gasteiger partial charge is 0.379 e. The van der Waals surface area contributed by atoms with E-state index >= 15 is 0 Å². The molecule has 2 fully saturated rings. The summed E-state index contributed by atoms with van der Waals surface area (Å²) >= 11 is 0. The van der Waals surface area contributed by atoms with Gasteiger partial charge in [0.1, 0.15) is 0 Å². The molecule has 2 heterocycles. The van der Waals surface area contributed by atoms with Gasteiger partial charge in [0.2, 0.25) is 15.9 Å². The van der Waals surface area contributed by atoms with Crippen LogP contribution >= 0.6 is 0 Å². The second-order valence-corrected chi connectivity index (χ2v) is 9.93. The van der Waals surface area contributed by atoms with Gasteiger partial charge in [-0.05, 0) is 57.0 Å².